The number of carbonyl (C=O) groups excluding carboxylic acids is 3. The van der Waals surface area contributed by atoms with Crippen molar-refractivity contribution < 1.29 is 58.3 Å². The molecule has 2 aromatic rings. The molecule has 0 fully saturated rings. The quantitative estimate of drug-likeness (QED) is 0.355. The summed E-state index contributed by atoms with van der Waals surface area (Å²) in [4.78, 5) is 37.9. The van der Waals surface area contributed by atoms with Crippen molar-refractivity contribution in [3.63, 3.8) is 0 Å². The molecule has 0 aliphatic heterocycles. The Morgan fingerprint density at radius 1 is 0.895 bits per heavy atom. The number of benzene rings is 2. The molecule has 0 atom stereocenters. The van der Waals surface area contributed by atoms with E-state index in [2.05, 4.69) is 4.74 Å². The van der Waals surface area contributed by atoms with Crippen molar-refractivity contribution in [3.8, 4) is 0 Å². The van der Waals surface area contributed by atoms with Gasteiger partial charge in [-0.05, 0) is 36.8 Å². The molecule has 38 heavy (non-hydrogen) atoms. The molecule has 0 unspecified atom stereocenters. The van der Waals surface area contributed by atoms with Gasteiger partial charge in [0.05, 0.1) is 34.6 Å². The van der Waals surface area contributed by atoms with Crippen molar-refractivity contribution in [2.45, 2.75) is 43.7 Å². The van der Waals surface area contributed by atoms with Crippen LogP contribution in [0.2, 0.25) is 0 Å². The summed E-state index contributed by atoms with van der Waals surface area (Å²) in [6.07, 6.45) is -13.0. The van der Waals surface area contributed by atoms with Gasteiger partial charge < -0.3 is 4.74 Å². The van der Waals surface area contributed by atoms with Gasteiger partial charge in [0.25, 0.3) is 5.91 Å². The minimum absolute atomic E-state index is 0.00477. The summed E-state index contributed by atoms with van der Waals surface area (Å²) in [5.41, 5.74) is -10.2. The van der Waals surface area contributed by atoms with Crippen LogP contribution >= 0.6 is 0 Å². The van der Waals surface area contributed by atoms with Gasteiger partial charge in [-0.1, -0.05) is 19.1 Å². The van der Waals surface area contributed by atoms with Crippen LogP contribution in [-0.2, 0) is 25.0 Å². The Bertz CT molecular complexity index is 1370. The van der Waals surface area contributed by atoms with Crippen LogP contribution in [0.1, 0.15) is 45.7 Å². The monoisotopic (exact) mass is 571 g/mol. The Balaban J connectivity index is 2.90. The van der Waals surface area contributed by atoms with Gasteiger partial charge in [-0.15, -0.1) is 0 Å². The van der Waals surface area contributed by atoms with E-state index < -0.39 is 78.7 Å². The standard InChI is InChI=1S/C23H20F7NO6S/c1-5-38(35,36)18-10-12(2)6-8-15(18)19(33)31(13(3)32)17-9-7-14(11-16(17)20(34)37-4)21(24,22(25,26)27)23(28,29)30/h6-11H,5H2,1-4H3. The number of imide groups is 1. The number of aryl methyl sites for hydroxylation is 1. The van der Waals surface area contributed by atoms with E-state index in [1.807, 2.05) is 0 Å². The number of hydrogen-bond acceptors (Lipinski definition) is 6. The number of rotatable bonds is 6. The molecule has 2 rings (SSSR count). The predicted octanol–water partition coefficient (Wildman–Crippen LogP) is 5.06. The summed E-state index contributed by atoms with van der Waals surface area (Å²) < 4.78 is 124. The van der Waals surface area contributed by atoms with Crippen molar-refractivity contribution >= 4 is 33.3 Å². The number of sulfone groups is 1. The highest BCUT2D eigenvalue weighted by molar-refractivity contribution is 7.91. The number of anilines is 1. The molecule has 0 aliphatic carbocycles. The summed E-state index contributed by atoms with van der Waals surface area (Å²) in [7, 11) is -3.38. The molecule has 208 valence electrons. The summed E-state index contributed by atoms with van der Waals surface area (Å²) in [5, 5.41) is 0. The zero-order valence-electron chi connectivity index (χ0n) is 20.1. The van der Waals surface area contributed by atoms with Crippen LogP contribution < -0.4 is 4.90 Å². The lowest BCUT2D eigenvalue weighted by atomic mass is 9.91. The largest absolute Gasteiger partial charge is 0.465 e. The molecule has 0 aliphatic rings. The number of ether oxygens (including phenoxy) is 1. The third-order valence-electron chi connectivity index (χ3n) is 5.42. The second-order valence-corrected chi connectivity index (χ2v) is 10.2. The topological polar surface area (TPSA) is 97.8 Å². The van der Waals surface area contributed by atoms with Crippen LogP contribution in [0.15, 0.2) is 41.3 Å². The lowest BCUT2D eigenvalue weighted by Crippen LogP contribution is -2.50. The maximum absolute atomic E-state index is 14.6. The van der Waals surface area contributed by atoms with Crippen LogP contribution in [-0.4, -0.2) is 51.4 Å². The van der Waals surface area contributed by atoms with Gasteiger partial charge in [0.2, 0.25) is 5.91 Å². The normalized spacial score (nSPS) is 12.7. The zero-order valence-corrected chi connectivity index (χ0v) is 20.9. The molecule has 0 saturated carbocycles. The average molecular weight is 571 g/mol. The Morgan fingerprint density at radius 3 is 1.89 bits per heavy atom. The zero-order chi connectivity index (χ0) is 29.4. The molecule has 2 amide bonds. The van der Waals surface area contributed by atoms with Gasteiger partial charge in [0.15, 0.2) is 9.84 Å². The van der Waals surface area contributed by atoms with E-state index >= 15 is 0 Å². The van der Waals surface area contributed by atoms with E-state index in [1.54, 1.807) is 0 Å². The van der Waals surface area contributed by atoms with E-state index in [1.165, 1.54) is 19.9 Å². The molecule has 2 aromatic carbocycles. The van der Waals surface area contributed by atoms with E-state index in [0.29, 0.717) is 18.7 Å². The number of carbonyl (C=O) groups is 3. The third-order valence-corrected chi connectivity index (χ3v) is 7.19. The first kappa shape index (κ1) is 30.7. The fourth-order valence-electron chi connectivity index (χ4n) is 3.47. The molecule has 0 spiro atoms. The molecule has 0 saturated heterocycles. The molecule has 7 nitrogen and oxygen atoms in total. The minimum atomic E-state index is -6.51. The fraction of sp³-hybridized carbons (Fsp3) is 0.348. The molecule has 15 heteroatoms. The van der Waals surface area contributed by atoms with Gasteiger partial charge in [-0.3, -0.25) is 9.59 Å². The van der Waals surface area contributed by atoms with E-state index in [-0.39, 0.29) is 17.0 Å². The highest BCUT2D eigenvalue weighted by atomic mass is 32.2. The SMILES string of the molecule is CCS(=O)(=O)c1cc(C)ccc1C(=O)N(C(C)=O)c1ccc(C(F)(C(F)(F)F)C(F)(F)F)cc1C(=O)OC. The average Bonchev–Trinajstić information content (AvgIpc) is 2.81. The molecule has 0 heterocycles. The summed E-state index contributed by atoms with van der Waals surface area (Å²) in [5.74, 6) is -4.66. The van der Waals surface area contributed by atoms with Gasteiger partial charge in [0.1, 0.15) is 0 Å². The van der Waals surface area contributed by atoms with Crippen molar-refractivity contribution in [3.05, 3.63) is 58.7 Å². The summed E-state index contributed by atoms with van der Waals surface area (Å²) in [6, 6.07) is 3.68. The molecule has 0 bridgehead atoms. The van der Waals surface area contributed by atoms with Gasteiger partial charge in [-0.2, -0.15) is 26.3 Å². The second-order valence-electron chi connectivity index (χ2n) is 7.94. The van der Waals surface area contributed by atoms with Crippen LogP contribution in [0.4, 0.5) is 36.4 Å². The van der Waals surface area contributed by atoms with Gasteiger partial charge in [0, 0.05) is 12.5 Å². The smallest absolute Gasteiger partial charge is 0.435 e. The van der Waals surface area contributed by atoms with Crippen molar-refractivity contribution in [1.29, 1.82) is 0 Å². The summed E-state index contributed by atoms with van der Waals surface area (Å²) in [6.45, 7) is 3.54. The van der Waals surface area contributed by atoms with E-state index in [9.17, 15) is 53.5 Å². The third kappa shape index (κ3) is 5.37. The first-order chi connectivity index (χ1) is 17.2. The maximum Gasteiger partial charge on any atom is 0.435 e. The van der Waals surface area contributed by atoms with Crippen LogP contribution in [0, 0.1) is 6.92 Å². The number of alkyl halides is 7. The molecule has 0 N–H and O–H groups in total. The Labute approximate surface area is 212 Å². The van der Waals surface area contributed by atoms with Gasteiger partial charge in [-0.25, -0.2) is 22.5 Å². The number of esters is 1. The molecular weight excluding hydrogens is 551 g/mol. The second kappa shape index (κ2) is 10.3. The fourth-order valence-corrected chi connectivity index (χ4v) is 4.64. The van der Waals surface area contributed by atoms with Crippen molar-refractivity contribution in [1.82, 2.24) is 0 Å². The Hall–Kier alpha value is -3.49. The lowest BCUT2D eigenvalue weighted by molar-refractivity contribution is -0.348. The first-order valence-corrected chi connectivity index (χ1v) is 12.1. The van der Waals surface area contributed by atoms with Crippen molar-refractivity contribution in [2.24, 2.45) is 0 Å². The van der Waals surface area contributed by atoms with E-state index in [0.717, 1.165) is 19.1 Å². The van der Waals surface area contributed by atoms with Gasteiger partial charge >= 0.3 is 24.0 Å². The molecule has 0 aromatic heterocycles. The highest BCUT2D eigenvalue weighted by Crippen LogP contribution is 2.53. The first-order valence-electron chi connectivity index (χ1n) is 10.5. The molecule has 0 radical (unpaired) electrons. The number of amides is 2. The van der Waals surface area contributed by atoms with Crippen LogP contribution in [0.5, 0.6) is 0 Å². The Morgan fingerprint density at radius 2 is 1.45 bits per heavy atom. The van der Waals surface area contributed by atoms with Crippen LogP contribution in [0.3, 0.4) is 0 Å². The summed E-state index contributed by atoms with van der Waals surface area (Å²) >= 11 is 0. The van der Waals surface area contributed by atoms with Crippen molar-refractivity contribution in [2.75, 3.05) is 17.8 Å². The van der Waals surface area contributed by atoms with E-state index in [4.69, 9.17) is 0 Å². The van der Waals surface area contributed by atoms with Crippen LogP contribution in [0.25, 0.3) is 0 Å². The molecular formula is C23H20F7NO6S. The minimum Gasteiger partial charge on any atom is -0.465 e. The predicted molar refractivity (Wildman–Crippen MR) is 119 cm³/mol. The number of nitrogens with zero attached hydrogens (tertiary/aromatic N) is 1. The maximum atomic E-state index is 14.6. The number of methoxy groups -OCH3 is 1. The highest BCUT2D eigenvalue weighted by Gasteiger charge is 2.73. The number of hydrogen-bond donors (Lipinski definition) is 0. The Kier molecular flexibility index (Phi) is 8.37. The lowest BCUT2D eigenvalue weighted by Gasteiger charge is -2.31. The number of halogens is 7.